The van der Waals surface area contributed by atoms with Gasteiger partial charge in [0.15, 0.2) is 5.01 Å². The Morgan fingerprint density at radius 2 is 2.37 bits per heavy atom. The minimum Gasteiger partial charge on any atom is -0.343 e. The number of hydrogen-bond acceptors (Lipinski definition) is 4. The molecule has 0 aliphatic rings. The highest BCUT2D eigenvalue weighted by atomic mass is 35.5. The first-order valence-electron chi connectivity index (χ1n) is 5.52. The van der Waals surface area contributed by atoms with Gasteiger partial charge in [-0.1, -0.05) is 23.7 Å². The monoisotopic (exact) mass is 291 g/mol. The highest BCUT2D eigenvalue weighted by molar-refractivity contribution is 7.12. The van der Waals surface area contributed by atoms with Gasteiger partial charge in [-0.05, 0) is 24.6 Å². The van der Waals surface area contributed by atoms with Crippen molar-refractivity contribution in [2.24, 2.45) is 0 Å². The van der Waals surface area contributed by atoms with Crippen molar-refractivity contribution in [3.05, 3.63) is 50.9 Å². The highest BCUT2D eigenvalue weighted by Crippen LogP contribution is 2.17. The van der Waals surface area contributed by atoms with Crippen molar-refractivity contribution in [2.75, 3.05) is 0 Å². The third-order valence-electron chi connectivity index (χ3n) is 2.53. The molecule has 0 aliphatic heterocycles. The molecule has 0 unspecified atom stereocenters. The Kier molecular flexibility index (Phi) is 4.15. The minimum atomic E-state index is -0.272. The van der Waals surface area contributed by atoms with Crippen LogP contribution in [0.3, 0.4) is 0 Å². The van der Waals surface area contributed by atoms with E-state index in [-0.39, 0.29) is 11.9 Å². The van der Waals surface area contributed by atoms with Gasteiger partial charge < -0.3 is 5.32 Å². The lowest BCUT2D eigenvalue weighted by atomic mass is 10.1. The van der Waals surface area contributed by atoms with Crippen LogP contribution in [0, 0.1) is 11.3 Å². The average molecular weight is 292 g/mol. The number of hydrogen-bond donors (Lipinski definition) is 1. The van der Waals surface area contributed by atoms with Crippen molar-refractivity contribution in [1.29, 1.82) is 5.26 Å². The summed E-state index contributed by atoms with van der Waals surface area (Å²) in [7, 11) is 0. The first-order valence-corrected chi connectivity index (χ1v) is 6.78. The summed E-state index contributed by atoms with van der Waals surface area (Å²) in [4.78, 5) is 15.8. The van der Waals surface area contributed by atoms with Crippen LogP contribution >= 0.6 is 22.9 Å². The maximum atomic E-state index is 11.9. The zero-order valence-corrected chi connectivity index (χ0v) is 11.6. The summed E-state index contributed by atoms with van der Waals surface area (Å²) in [6.07, 6.45) is 0. The van der Waals surface area contributed by atoms with E-state index in [2.05, 4.69) is 16.4 Å². The van der Waals surface area contributed by atoms with E-state index in [1.54, 1.807) is 23.6 Å². The summed E-state index contributed by atoms with van der Waals surface area (Å²) in [5.74, 6) is -0.272. The van der Waals surface area contributed by atoms with Crippen molar-refractivity contribution in [3.63, 3.8) is 0 Å². The van der Waals surface area contributed by atoms with Crippen LogP contribution in [-0.2, 0) is 0 Å². The van der Waals surface area contributed by atoms with Crippen LogP contribution in [-0.4, -0.2) is 10.9 Å². The molecule has 0 radical (unpaired) electrons. The molecule has 6 heteroatoms. The Balaban J connectivity index is 2.10. The predicted molar refractivity (Wildman–Crippen MR) is 74.2 cm³/mol. The number of nitriles is 1. The summed E-state index contributed by atoms with van der Waals surface area (Å²) in [5, 5.41) is 13.9. The first kappa shape index (κ1) is 13.5. The van der Waals surface area contributed by atoms with Gasteiger partial charge in [0.05, 0.1) is 17.7 Å². The average Bonchev–Trinajstić information content (AvgIpc) is 2.85. The van der Waals surface area contributed by atoms with Crippen LogP contribution in [0.15, 0.2) is 29.6 Å². The van der Waals surface area contributed by atoms with Crippen LogP contribution in [0.25, 0.3) is 0 Å². The number of rotatable bonds is 3. The third kappa shape index (κ3) is 3.31. The Morgan fingerprint density at radius 1 is 1.58 bits per heavy atom. The quantitative estimate of drug-likeness (QED) is 0.944. The van der Waals surface area contributed by atoms with Gasteiger partial charge in [0.1, 0.15) is 5.15 Å². The van der Waals surface area contributed by atoms with E-state index in [0.29, 0.717) is 15.7 Å². The van der Waals surface area contributed by atoms with E-state index in [1.165, 1.54) is 11.3 Å². The molecule has 96 valence electrons. The fourth-order valence-electron chi connectivity index (χ4n) is 1.58. The van der Waals surface area contributed by atoms with Gasteiger partial charge in [-0.3, -0.25) is 4.79 Å². The molecule has 2 rings (SSSR count). The molecule has 0 saturated heterocycles. The molecule has 19 heavy (non-hydrogen) atoms. The van der Waals surface area contributed by atoms with Gasteiger partial charge in [0.25, 0.3) is 5.91 Å². The molecular formula is C13H10ClN3OS. The number of aromatic nitrogens is 1. The summed E-state index contributed by atoms with van der Waals surface area (Å²) in [6, 6.07) is 8.99. The third-order valence-corrected chi connectivity index (χ3v) is 3.70. The number of carbonyl (C=O) groups excluding carboxylic acids is 1. The molecule has 1 aromatic carbocycles. The molecule has 1 heterocycles. The molecule has 4 nitrogen and oxygen atoms in total. The second-order valence-electron chi connectivity index (χ2n) is 3.91. The minimum absolute atomic E-state index is 0.205. The van der Waals surface area contributed by atoms with Crippen LogP contribution in [0.1, 0.15) is 33.9 Å². The van der Waals surface area contributed by atoms with Crippen molar-refractivity contribution < 1.29 is 4.79 Å². The maximum Gasteiger partial charge on any atom is 0.280 e. The molecule has 0 bridgehead atoms. The number of thiazole rings is 1. The van der Waals surface area contributed by atoms with Crippen LogP contribution in [0.4, 0.5) is 0 Å². The number of halogens is 1. The number of benzene rings is 1. The standard InChI is InChI=1S/C13H10ClN3OS/c1-8(10-4-2-3-9(5-10)6-15)16-12(18)13-17-11(14)7-19-13/h2-5,7-8H,1H3,(H,16,18)/t8-/m0/s1. The highest BCUT2D eigenvalue weighted by Gasteiger charge is 2.14. The van der Waals surface area contributed by atoms with E-state index in [9.17, 15) is 4.79 Å². The van der Waals surface area contributed by atoms with E-state index >= 15 is 0 Å². The molecule has 1 amide bonds. The van der Waals surface area contributed by atoms with E-state index < -0.39 is 0 Å². The second kappa shape index (κ2) is 5.83. The molecule has 1 N–H and O–H groups in total. The summed E-state index contributed by atoms with van der Waals surface area (Å²) >= 11 is 6.88. The molecular weight excluding hydrogens is 282 g/mol. The van der Waals surface area contributed by atoms with E-state index in [0.717, 1.165) is 5.56 Å². The SMILES string of the molecule is C[C@H](NC(=O)c1nc(Cl)cs1)c1cccc(C#N)c1. The normalized spacial score (nSPS) is 11.6. The van der Waals surface area contributed by atoms with E-state index in [1.807, 2.05) is 13.0 Å². The fraction of sp³-hybridized carbons (Fsp3) is 0.154. The van der Waals surface area contributed by atoms with Gasteiger partial charge in [-0.25, -0.2) is 4.98 Å². The van der Waals surface area contributed by atoms with Crippen LogP contribution in [0.5, 0.6) is 0 Å². The van der Waals surface area contributed by atoms with Gasteiger partial charge in [0.2, 0.25) is 0 Å². The number of carbonyl (C=O) groups is 1. The summed E-state index contributed by atoms with van der Waals surface area (Å²) < 4.78 is 0. The van der Waals surface area contributed by atoms with Crippen molar-refractivity contribution in [2.45, 2.75) is 13.0 Å². The zero-order valence-electron chi connectivity index (χ0n) is 10.1. The van der Waals surface area contributed by atoms with Crippen molar-refractivity contribution >= 4 is 28.8 Å². The van der Waals surface area contributed by atoms with Crippen molar-refractivity contribution in [3.8, 4) is 6.07 Å². The summed E-state index contributed by atoms with van der Waals surface area (Å²) in [6.45, 7) is 1.85. The van der Waals surface area contributed by atoms with Crippen LogP contribution < -0.4 is 5.32 Å². The zero-order chi connectivity index (χ0) is 13.8. The largest absolute Gasteiger partial charge is 0.343 e. The number of nitrogens with one attached hydrogen (secondary N) is 1. The molecule has 0 aliphatic carbocycles. The van der Waals surface area contributed by atoms with Gasteiger partial charge in [0, 0.05) is 5.38 Å². The molecule has 1 atom stereocenters. The van der Waals surface area contributed by atoms with E-state index in [4.69, 9.17) is 16.9 Å². The Bertz CT molecular complexity index is 647. The molecule has 1 aromatic heterocycles. The number of amides is 1. The topological polar surface area (TPSA) is 65.8 Å². The lowest BCUT2D eigenvalue weighted by Crippen LogP contribution is -2.26. The smallest absolute Gasteiger partial charge is 0.280 e. The van der Waals surface area contributed by atoms with Gasteiger partial charge >= 0.3 is 0 Å². The molecule has 0 spiro atoms. The molecule has 0 saturated carbocycles. The Morgan fingerprint density at radius 3 is 3.00 bits per heavy atom. The lowest BCUT2D eigenvalue weighted by Gasteiger charge is -2.13. The number of nitrogens with zero attached hydrogens (tertiary/aromatic N) is 2. The Hall–Kier alpha value is -1.90. The fourth-order valence-corrected chi connectivity index (χ4v) is 2.42. The predicted octanol–water partition coefficient (Wildman–Crippen LogP) is 3.16. The maximum absolute atomic E-state index is 11.9. The van der Waals surface area contributed by atoms with Gasteiger partial charge in [-0.2, -0.15) is 5.26 Å². The molecule has 2 aromatic rings. The Labute approximate surface area is 119 Å². The van der Waals surface area contributed by atoms with Crippen LogP contribution in [0.2, 0.25) is 5.15 Å². The molecule has 0 fully saturated rings. The van der Waals surface area contributed by atoms with Gasteiger partial charge in [-0.15, -0.1) is 11.3 Å². The first-order chi connectivity index (χ1) is 9.10. The summed E-state index contributed by atoms with van der Waals surface area (Å²) in [5.41, 5.74) is 1.44. The van der Waals surface area contributed by atoms with Crippen molar-refractivity contribution in [1.82, 2.24) is 10.3 Å². The lowest BCUT2D eigenvalue weighted by molar-refractivity contribution is 0.0939. The second-order valence-corrected chi connectivity index (χ2v) is 5.15.